The van der Waals surface area contributed by atoms with Crippen LogP contribution >= 0.6 is 11.8 Å². The number of nitrogens with one attached hydrogen (secondary N) is 1. The van der Waals surface area contributed by atoms with Gasteiger partial charge in [0.2, 0.25) is 0 Å². The molecule has 0 fully saturated rings. The highest BCUT2D eigenvalue weighted by Gasteiger charge is 2.04. The fourth-order valence-electron chi connectivity index (χ4n) is 1.25. The van der Waals surface area contributed by atoms with Crippen molar-refractivity contribution in [1.29, 1.82) is 0 Å². The van der Waals surface area contributed by atoms with Crippen LogP contribution in [0.25, 0.3) is 0 Å². The molecule has 0 unspecified atom stereocenters. The Balaban J connectivity index is 1.85. The summed E-state index contributed by atoms with van der Waals surface area (Å²) in [6.07, 6.45) is 4.86. The Labute approximate surface area is 88.0 Å². The molecule has 0 atom stereocenters. The molecule has 0 radical (unpaired) electrons. The van der Waals surface area contributed by atoms with E-state index in [9.17, 15) is 0 Å². The van der Waals surface area contributed by atoms with E-state index in [0.29, 0.717) is 0 Å². The summed E-state index contributed by atoms with van der Waals surface area (Å²) in [5, 5.41) is 4.38. The Hall–Kier alpha value is -1.03. The maximum absolute atomic E-state index is 4.39. The van der Waals surface area contributed by atoms with Crippen molar-refractivity contribution in [2.24, 2.45) is 4.99 Å². The molecule has 0 aromatic carbocycles. The maximum atomic E-state index is 4.39. The van der Waals surface area contributed by atoms with Crippen LogP contribution in [0, 0.1) is 0 Å². The van der Waals surface area contributed by atoms with Gasteiger partial charge in [0.25, 0.3) is 0 Å². The number of aliphatic imine (C=N–C) groups is 1. The first-order valence-corrected chi connectivity index (χ1v) is 5.74. The second-order valence-electron chi connectivity index (χ2n) is 3.10. The number of thioether (sulfide) groups is 1. The largest absolute Gasteiger partial charge is 0.361 e. The maximum Gasteiger partial charge on any atom is 0.156 e. The second-order valence-corrected chi connectivity index (χ2v) is 4.19. The van der Waals surface area contributed by atoms with Gasteiger partial charge in [0.15, 0.2) is 5.17 Å². The van der Waals surface area contributed by atoms with Gasteiger partial charge in [0, 0.05) is 31.2 Å². The lowest BCUT2D eigenvalue weighted by Crippen LogP contribution is -2.22. The number of aromatic nitrogens is 1. The molecule has 1 aromatic rings. The molecular weight excluding hydrogens is 194 g/mol. The second kappa shape index (κ2) is 5.00. The van der Waals surface area contributed by atoms with Crippen LogP contribution in [0.2, 0.25) is 0 Å². The number of hydrogen-bond acceptors (Lipinski definition) is 4. The molecule has 0 saturated carbocycles. The van der Waals surface area contributed by atoms with E-state index in [1.165, 1.54) is 17.7 Å². The van der Waals surface area contributed by atoms with E-state index in [0.717, 1.165) is 18.3 Å². The van der Waals surface area contributed by atoms with E-state index < -0.39 is 0 Å². The standard InChI is InChI=1S/C10H13N3S/c1-3-9(7-11-4-1)8-13-10-12-5-2-6-14-10/h1,3-4,7H,2,5-6,8H2,(H,12,13). The fourth-order valence-corrected chi connectivity index (χ4v) is 2.07. The zero-order chi connectivity index (χ0) is 9.64. The first-order chi connectivity index (χ1) is 6.95. The van der Waals surface area contributed by atoms with Gasteiger partial charge in [0.05, 0.1) is 0 Å². The lowest BCUT2D eigenvalue weighted by atomic mass is 10.3. The predicted octanol–water partition coefficient (Wildman–Crippen LogP) is 1.66. The first kappa shape index (κ1) is 9.52. The molecule has 1 aliphatic heterocycles. The van der Waals surface area contributed by atoms with Gasteiger partial charge in [-0.05, 0) is 18.1 Å². The van der Waals surface area contributed by atoms with Crippen LogP contribution < -0.4 is 5.32 Å². The third kappa shape index (κ3) is 2.73. The molecule has 1 aliphatic rings. The average molecular weight is 207 g/mol. The summed E-state index contributed by atoms with van der Waals surface area (Å²) in [6.45, 7) is 1.78. The Bertz CT molecular complexity index is 310. The van der Waals surface area contributed by atoms with Gasteiger partial charge in [-0.15, -0.1) is 0 Å². The zero-order valence-corrected chi connectivity index (χ0v) is 8.76. The van der Waals surface area contributed by atoms with Crippen molar-refractivity contribution in [2.75, 3.05) is 12.3 Å². The number of pyridine rings is 1. The van der Waals surface area contributed by atoms with Crippen molar-refractivity contribution in [3.63, 3.8) is 0 Å². The van der Waals surface area contributed by atoms with E-state index in [2.05, 4.69) is 21.4 Å². The van der Waals surface area contributed by atoms with Crippen molar-refractivity contribution in [2.45, 2.75) is 13.0 Å². The van der Waals surface area contributed by atoms with Gasteiger partial charge in [-0.3, -0.25) is 9.98 Å². The van der Waals surface area contributed by atoms with Crippen LogP contribution in [0.5, 0.6) is 0 Å². The Kier molecular flexibility index (Phi) is 3.40. The summed E-state index contributed by atoms with van der Waals surface area (Å²) in [5.41, 5.74) is 1.20. The molecule has 0 aliphatic carbocycles. The highest BCUT2D eigenvalue weighted by Crippen LogP contribution is 2.10. The van der Waals surface area contributed by atoms with Crippen molar-refractivity contribution < 1.29 is 0 Å². The van der Waals surface area contributed by atoms with Crippen LogP contribution in [-0.4, -0.2) is 22.4 Å². The first-order valence-electron chi connectivity index (χ1n) is 4.75. The number of nitrogens with zero attached hydrogens (tertiary/aromatic N) is 2. The molecule has 0 amide bonds. The van der Waals surface area contributed by atoms with Crippen molar-refractivity contribution in [3.8, 4) is 0 Å². The van der Waals surface area contributed by atoms with Gasteiger partial charge >= 0.3 is 0 Å². The Morgan fingerprint density at radius 2 is 2.50 bits per heavy atom. The van der Waals surface area contributed by atoms with Crippen LogP contribution in [0.1, 0.15) is 12.0 Å². The molecule has 2 heterocycles. The SMILES string of the molecule is c1cncc(CNC2=NCCCS2)c1. The van der Waals surface area contributed by atoms with Gasteiger partial charge in [-0.2, -0.15) is 0 Å². The quantitative estimate of drug-likeness (QED) is 0.801. The van der Waals surface area contributed by atoms with Crippen LogP contribution in [-0.2, 0) is 6.54 Å². The number of rotatable bonds is 2. The van der Waals surface area contributed by atoms with E-state index in [4.69, 9.17) is 0 Å². The monoisotopic (exact) mass is 207 g/mol. The van der Waals surface area contributed by atoms with Gasteiger partial charge in [-0.1, -0.05) is 17.8 Å². The zero-order valence-electron chi connectivity index (χ0n) is 7.94. The Morgan fingerprint density at radius 1 is 1.50 bits per heavy atom. The summed E-state index contributed by atoms with van der Waals surface area (Å²) >= 11 is 1.80. The summed E-state index contributed by atoms with van der Waals surface area (Å²) < 4.78 is 0. The summed E-state index contributed by atoms with van der Waals surface area (Å²) in [4.78, 5) is 8.45. The van der Waals surface area contributed by atoms with Gasteiger partial charge in [0.1, 0.15) is 0 Å². The minimum atomic E-state index is 0.819. The van der Waals surface area contributed by atoms with Crippen LogP contribution in [0.15, 0.2) is 29.5 Å². The van der Waals surface area contributed by atoms with Gasteiger partial charge < -0.3 is 5.32 Å². The predicted molar refractivity (Wildman–Crippen MR) is 60.5 cm³/mol. The molecule has 4 heteroatoms. The van der Waals surface area contributed by atoms with E-state index in [-0.39, 0.29) is 0 Å². The molecule has 3 nitrogen and oxygen atoms in total. The minimum absolute atomic E-state index is 0.819. The molecule has 1 aromatic heterocycles. The smallest absolute Gasteiger partial charge is 0.156 e. The molecule has 14 heavy (non-hydrogen) atoms. The highest BCUT2D eigenvalue weighted by molar-refractivity contribution is 8.13. The van der Waals surface area contributed by atoms with E-state index in [1.54, 1.807) is 18.0 Å². The third-order valence-corrected chi connectivity index (χ3v) is 3.00. The summed E-state index contributed by atoms with van der Waals surface area (Å²) in [7, 11) is 0. The molecule has 2 rings (SSSR count). The topological polar surface area (TPSA) is 37.3 Å². The van der Waals surface area contributed by atoms with Crippen LogP contribution in [0.3, 0.4) is 0 Å². The average Bonchev–Trinajstić information content (AvgIpc) is 2.29. The van der Waals surface area contributed by atoms with E-state index >= 15 is 0 Å². The van der Waals surface area contributed by atoms with Crippen LogP contribution in [0.4, 0.5) is 0 Å². The number of amidine groups is 1. The summed E-state index contributed by atoms with van der Waals surface area (Å²) in [5.74, 6) is 1.18. The van der Waals surface area contributed by atoms with Crippen molar-refractivity contribution >= 4 is 16.9 Å². The molecule has 0 bridgehead atoms. The summed E-state index contributed by atoms with van der Waals surface area (Å²) in [6, 6.07) is 4.01. The molecule has 74 valence electrons. The Morgan fingerprint density at radius 3 is 3.21 bits per heavy atom. The lowest BCUT2D eigenvalue weighted by Gasteiger charge is -2.12. The van der Waals surface area contributed by atoms with Gasteiger partial charge in [-0.25, -0.2) is 0 Å². The third-order valence-electron chi connectivity index (χ3n) is 1.96. The molecule has 0 spiro atoms. The van der Waals surface area contributed by atoms with Crippen molar-refractivity contribution in [1.82, 2.24) is 10.3 Å². The molecule has 0 saturated heterocycles. The molecular formula is C10H13N3S. The van der Waals surface area contributed by atoms with E-state index in [1.807, 2.05) is 12.3 Å². The lowest BCUT2D eigenvalue weighted by molar-refractivity contribution is 0.877. The highest BCUT2D eigenvalue weighted by atomic mass is 32.2. The molecule has 1 N–H and O–H groups in total. The fraction of sp³-hybridized carbons (Fsp3) is 0.400. The van der Waals surface area contributed by atoms with Crippen molar-refractivity contribution in [3.05, 3.63) is 30.1 Å². The normalized spacial score (nSPS) is 16.1. The minimum Gasteiger partial charge on any atom is -0.361 e. The number of hydrogen-bond donors (Lipinski definition) is 1.